The lowest BCUT2D eigenvalue weighted by Gasteiger charge is -2.10. The van der Waals surface area contributed by atoms with Crippen LogP contribution >= 0.6 is 0 Å². The van der Waals surface area contributed by atoms with Gasteiger partial charge in [0, 0.05) is 12.1 Å². The Morgan fingerprint density at radius 1 is 1.38 bits per heavy atom. The molecule has 1 rings (SSSR count). The van der Waals surface area contributed by atoms with Gasteiger partial charge in [-0.15, -0.1) is 0 Å². The number of hydrogen-bond acceptors (Lipinski definition) is 4. The Kier molecular flexibility index (Phi) is 4.60. The predicted molar refractivity (Wildman–Crippen MR) is 58.9 cm³/mol. The first-order valence-electron chi connectivity index (χ1n) is 4.80. The summed E-state index contributed by atoms with van der Waals surface area (Å²) in [6.07, 6.45) is 0. The van der Waals surface area contributed by atoms with Crippen molar-refractivity contribution in [3.05, 3.63) is 23.8 Å². The summed E-state index contributed by atoms with van der Waals surface area (Å²) in [6, 6.07) is 5.39. The molecule has 0 aliphatic rings. The van der Waals surface area contributed by atoms with Gasteiger partial charge in [-0.3, -0.25) is 4.79 Å². The summed E-state index contributed by atoms with van der Waals surface area (Å²) in [7, 11) is 3.15. The maximum absolute atomic E-state index is 10.3. The number of aliphatic carboxylic acids is 1. The normalized spacial score (nSPS) is 9.88. The Labute approximate surface area is 94.0 Å². The van der Waals surface area contributed by atoms with Crippen LogP contribution in [0.3, 0.4) is 0 Å². The summed E-state index contributed by atoms with van der Waals surface area (Å²) in [5.41, 5.74) is 0.864. The molecule has 16 heavy (non-hydrogen) atoms. The largest absolute Gasteiger partial charge is 0.497 e. The molecule has 0 aromatic heterocycles. The van der Waals surface area contributed by atoms with Gasteiger partial charge in [-0.2, -0.15) is 0 Å². The standard InChI is InChI=1S/C11H15NO4/c1-15-9-3-4-10(16-2)8(5-9)6-12-7-11(13)14/h3-5,12H,6-7H2,1-2H3,(H,13,14). The Balaban J connectivity index is 2.71. The summed E-state index contributed by atoms with van der Waals surface area (Å²) < 4.78 is 10.2. The van der Waals surface area contributed by atoms with E-state index in [-0.39, 0.29) is 6.54 Å². The first kappa shape index (κ1) is 12.3. The molecule has 0 radical (unpaired) electrons. The van der Waals surface area contributed by atoms with Crippen LogP contribution in [0.15, 0.2) is 18.2 Å². The van der Waals surface area contributed by atoms with Gasteiger partial charge in [0.1, 0.15) is 11.5 Å². The van der Waals surface area contributed by atoms with Gasteiger partial charge in [0.25, 0.3) is 0 Å². The molecule has 0 bridgehead atoms. The molecule has 0 saturated heterocycles. The molecule has 0 saturated carbocycles. The second-order valence-corrected chi connectivity index (χ2v) is 3.18. The highest BCUT2D eigenvalue weighted by atomic mass is 16.5. The van der Waals surface area contributed by atoms with Crippen LogP contribution in [0.4, 0.5) is 0 Å². The molecular formula is C11H15NO4. The molecule has 0 atom stereocenters. The SMILES string of the molecule is COc1ccc(OC)c(CNCC(=O)O)c1. The van der Waals surface area contributed by atoms with Gasteiger partial charge in [0.05, 0.1) is 20.8 Å². The zero-order valence-electron chi connectivity index (χ0n) is 9.32. The van der Waals surface area contributed by atoms with E-state index in [4.69, 9.17) is 14.6 Å². The fraction of sp³-hybridized carbons (Fsp3) is 0.364. The Morgan fingerprint density at radius 2 is 2.12 bits per heavy atom. The maximum Gasteiger partial charge on any atom is 0.317 e. The molecule has 0 fully saturated rings. The van der Waals surface area contributed by atoms with E-state index in [1.165, 1.54) is 0 Å². The minimum Gasteiger partial charge on any atom is -0.497 e. The lowest BCUT2D eigenvalue weighted by molar-refractivity contribution is -0.135. The van der Waals surface area contributed by atoms with Gasteiger partial charge >= 0.3 is 5.97 Å². The van der Waals surface area contributed by atoms with Crippen LogP contribution in [0.5, 0.6) is 11.5 Å². The number of rotatable bonds is 6. The smallest absolute Gasteiger partial charge is 0.317 e. The molecule has 1 aromatic rings. The summed E-state index contributed by atoms with van der Waals surface area (Å²) >= 11 is 0. The van der Waals surface area contributed by atoms with Crippen molar-refractivity contribution in [1.29, 1.82) is 0 Å². The number of carboxylic acids is 1. The third kappa shape index (κ3) is 3.43. The van der Waals surface area contributed by atoms with Crippen molar-refractivity contribution >= 4 is 5.97 Å². The van der Waals surface area contributed by atoms with E-state index >= 15 is 0 Å². The van der Waals surface area contributed by atoms with Crippen LogP contribution in [-0.2, 0) is 11.3 Å². The molecule has 5 heteroatoms. The molecule has 0 aliphatic heterocycles. The van der Waals surface area contributed by atoms with Crippen LogP contribution in [0.1, 0.15) is 5.56 Å². The third-order valence-corrected chi connectivity index (χ3v) is 2.08. The zero-order valence-corrected chi connectivity index (χ0v) is 9.32. The Morgan fingerprint density at radius 3 is 2.69 bits per heavy atom. The van der Waals surface area contributed by atoms with Gasteiger partial charge in [-0.05, 0) is 18.2 Å². The minimum absolute atomic E-state index is 0.0830. The van der Waals surface area contributed by atoms with Crippen LogP contribution < -0.4 is 14.8 Å². The molecule has 88 valence electrons. The van der Waals surface area contributed by atoms with Crippen molar-refractivity contribution < 1.29 is 19.4 Å². The van der Waals surface area contributed by atoms with Crippen molar-refractivity contribution in [2.24, 2.45) is 0 Å². The zero-order chi connectivity index (χ0) is 12.0. The molecular weight excluding hydrogens is 210 g/mol. The highest BCUT2D eigenvalue weighted by molar-refractivity contribution is 5.69. The Bertz CT molecular complexity index is 365. The monoisotopic (exact) mass is 225 g/mol. The van der Waals surface area contributed by atoms with Gasteiger partial charge in [-0.25, -0.2) is 0 Å². The first-order chi connectivity index (χ1) is 7.67. The molecule has 1 aromatic carbocycles. The molecule has 5 nitrogen and oxygen atoms in total. The number of nitrogens with one attached hydrogen (secondary N) is 1. The number of hydrogen-bond donors (Lipinski definition) is 2. The van der Waals surface area contributed by atoms with E-state index in [9.17, 15) is 4.79 Å². The molecule has 0 aliphatic carbocycles. The van der Waals surface area contributed by atoms with Crippen LogP contribution in [0, 0.1) is 0 Å². The van der Waals surface area contributed by atoms with E-state index in [1.54, 1.807) is 26.4 Å². The number of carbonyl (C=O) groups is 1. The highest BCUT2D eigenvalue weighted by Crippen LogP contribution is 2.23. The highest BCUT2D eigenvalue weighted by Gasteiger charge is 2.05. The molecule has 2 N–H and O–H groups in total. The van der Waals surface area contributed by atoms with Gasteiger partial charge < -0.3 is 19.9 Å². The fourth-order valence-electron chi connectivity index (χ4n) is 1.32. The molecule has 0 heterocycles. The summed E-state index contributed by atoms with van der Waals surface area (Å²) in [5.74, 6) is 0.536. The number of methoxy groups -OCH3 is 2. The average molecular weight is 225 g/mol. The van der Waals surface area contributed by atoms with Gasteiger partial charge in [-0.1, -0.05) is 0 Å². The quantitative estimate of drug-likeness (QED) is 0.752. The van der Waals surface area contributed by atoms with Crippen molar-refractivity contribution in [2.75, 3.05) is 20.8 Å². The van der Waals surface area contributed by atoms with E-state index in [0.29, 0.717) is 18.0 Å². The number of benzene rings is 1. The molecule has 0 unspecified atom stereocenters. The topological polar surface area (TPSA) is 67.8 Å². The Hall–Kier alpha value is -1.75. The maximum atomic E-state index is 10.3. The summed E-state index contributed by atoms with van der Waals surface area (Å²) in [5, 5.41) is 11.3. The third-order valence-electron chi connectivity index (χ3n) is 2.08. The van der Waals surface area contributed by atoms with Crippen molar-refractivity contribution in [2.45, 2.75) is 6.54 Å². The van der Waals surface area contributed by atoms with Gasteiger partial charge in [0.15, 0.2) is 0 Å². The van der Waals surface area contributed by atoms with Crippen LogP contribution in [0.25, 0.3) is 0 Å². The van der Waals surface area contributed by atoms with Gasteiger partial charge in [0.2, 0.25) is 0 Å². The van der Waals surface area contributed by atoms with E-state index in [2.05, 4.69) is 5.32 Å². The second kappa shape index (κ2) is 5.97. The lowest BCUT2D eigenvalue weighted by Crippen LogP contribution is -2.22. The van der Waals surface area contributed by atoms with Crippen molar-refractivity contribution in [1.82, 2.24) is 5.32 Å². The molecule has 0 amide bonds. The first-order valence-corrected chi connectivity index (χ1v) is 4.80. The van der Waals surface area contributed by atoms with Crippen molar-refractivity contribution in [3.63, 3.8) is 0 Å². The predicted octanol–water partition coefficient (Wildman–Crippen LogP) is 0.878. The summed E-state index contributed by atoms with van der Waals surface area (Å²) in [4.78, 5) is 10.3. The summed E-state index contributed by atoms with van der Waals surface area (Å²) in [6.45, 7) is 0.340. The minimum atomic E-state index is -0.887. The fourth-order valence-corrected chi connectivity index (χ4v) is 1.32. The number of carboxylic acid groups (broad SMARTS) is 1. The van der Waals surface area contributed by atoms with E-state index in [1.807, 2.05) is 6.07 Å². The van der Waals surface area contributed by atoms with Crippen LogP contribution in [-0.4, -0.2) is 31.8 Å². The second-order valence-electron chi connectivity index (χ2n) is 3.18. The van der Waals surface area contributed by atoms with E-state index < -0.39 is 5.97 Å². The lowest BCUT2D eigenvalue weighted by atomic mass is 10.2. The van der Waals surface area contributed by atoms with Crippen molar-refractivity contribution in [3.8, 4) is 11.5 Å². The number of ether oxygens (including phenoxy) is 2. The average Bonchev–Trinajstić information content (AvgIpc) is 2.28. The van der Waals surface area contributed by atoms with Crippen LogP contribution in [0.2, 0.25) is 0 Å². The molecule has 0 spiro atoms. The van der Waals surface area contributed by atoms with E-state index in [0.717, 1.165) is 5.56 Å².